The summed E-state index contributed by atoms with van der Waals surface area (Å²) in [5.41, 5.74) is 4.19. The minimum Gasteiger partial charge on any atom is -0.314 e. The van der Waals surface area contributed by atoms with Gasteiger partial charge in [-0.1, -0.05) is 6.07 Å². The van der Waals surface area contributed by atoms with Crippen molar-refractivity contribution in [1.82, 2.24) is 25.4 Å². The molecule has 1 saturated heterocycles. The van der Waals surface area contributed by atoms with E-state index in [-0.39, 0.29) is 11.8 Å². The SMILES string of the molecule is O=C(Nc1cc2cc(-c3cncc(CN4CCNCC4)c3)ccc2nn1)C1CC1. The molecule has 148 valence electrons. The van der Waals surface area contributed by atoms with Crippen molar-refractivity contribution in [2.45, 2.75) is 19.4 Å². The largest absolute Gasteiger partial charge is 0.314 e. The van der Waals surface area contributed by atoms with Crippen molar-refractivity contribution < 1.29 is 4.79 Å². The van der Waals surface area contributed by atoms with Crippen LogP contribution in [0.1, 0.15) is 18.4 Å². The van der Waals surface area contributed by atoms with E-state index in [0.29, 0.717) is 5.82 Å². The summed E-state index contributed by atoms with van der Waals surface area (Å²) in [6.45, 7) is 5.12. The second kappa shape index (κ2) is 7.85. The van der Waals surface area contributed by atoms with Crippen LogP contribution in [0.25, 0.3) is 22.0 Å². The first-order valence-electron chi connectivity index (χ1n) is 10.2. The molecule has 0 unspecified atom stereocenters. The van der Waals surface area contributed by atoms with E-state index in [0.717, 1.165) is 67.6 Å². The zero-order chi connectivity index (χ0) is 19.6. The topological polar surface area (TPSA) is 83.0 Å². The van der Waals surface area contributed by atoms with Gasteiger partial charge in [-0.05, 0) is 48.2 Å². The van der Waals surface area contributed by atoms with E-state index in [2.05, 4.69) is 42.8 Å². The highest BCUT2D eigenvalue weighted by molar-refractivity contribution is 5.95. The van der Waals surface area contributed by atoms with Crippen molar-refractivity contribution in [1.29, 1.82) is 0 Å². The Morgan fingerprint density at radius 2 is 1.93 bits per heavy atom. The Bertz CT molecular complexity index is 1040. The molecule has 5 rings (SSSR count). The molecule has 2 aromatic heterocycles. The molecule has 3 aromatic rings. The first-order valence-corrected chi connectivity index (χ1v) is 10.2. The highest BCUT2D eigenvalue weighted by atomic mass is 16.2. The fourth-order valence-corrected chi connectivity index (χ4v) is 3.72. The molecule has 3 heterocycles. The van der Waals surface area contributed by atoms with Gasteiger partial charge in [0.1, 0.15) is 0 Å². The number of benzene rings is 1. The molecule has 0 atom stereocenters. The van der Waals surface area contributed by atoms with E-state index < -0.39 is 0 Å². The van der Waals surface area contributed by atoms with Gasteiger partial charge in [-0.2, -0.15) is 0 Å². The van der Waals surface area contributed by atoms with E-state index in [1.54, 1.807) is 0 Å². The maximum absolute atomic E-state index is 12.0. The van der Waals surface area contributed by atoms with Gasteiger partial charge in [0, 0.05) is 62.0 Å². The maximum atomic E-state index is 12.0. The monoisotopic (exact) mass is 388 g/mol. The van der Waals surface area contributed by atoms with E-state index in [1.165, 1.54) is 5.56 Å². The number of carbonyl (C=O) groups excluding carboxylic acids is 1. The number of fused-ring (bicyclic) bond motifs is 1. The summed E-state index contributed by atoms with van der Waals surface area (Å²) in [6, 6.07) is 10.2. The Kier molecular flexibility index (Phi) is 4.91. The highest BCUT2D eigenvalue weighted by Crippen LogP contribution is 2.30. The molecule has 1 amide bonds. The third-order valence-corrected chi connectivity index (χ3v) is 5.53. The number of amides is 1. The average Bonchev–Trinajstić information content (AvgIpc) is 3.60. The summed E-state index contributed by atoms with van der Waals surface area (Å²) < 4.78 is 0. The molecule has 29 heavy (non-hydrogen) atoms. The minimum atomic E-state index is 0.0413. The Hall–Kier alpha value is -2.90. The van der Waals surface area contributed by atoms with Crippen molar-refractivity contribution in [3.8, 4) is 11.1 Å². The van der Waals surface area contributed by atoms with E-state index >= 15 is 0 Å². The molecule has 2 aliphatic rings. The molecule has 1 aliphatic heterocycles. The minimum absolute atomic E-state index is 0.0413. The predicted octanol–water partition coefficient (Wildman–Crippen LogP) is 2.45. The van der Waals surface area contributed by atoms with Crippen molar-refractivity contribution in [2.24, 2.45) is 5.92 Å². The lowest BCUT2D eigenvalue weighted by molar-refractivity contribution is -0.117. The second-order valence-electron chi connectivity index (χ2n) is 7.87. The average molecular weight is 388 g/mol. The number of pyridine rings is 1. The van der Waals surface area contributed by atoms with Crippen LogP contribution in [-0.2, 0) is 11.3 Å². The number of nitrogens with one attached hydrogen (secondary N) is 2. The standard InChI is InChI=1S/C22H24N6O/c29-22(16-1-2-16)25-21-11-18-10-17(3-4-20(18)26-27-21)19-9-15(12-24-13-19)14-28-7-5-23-6-8-28/h3-4,9-13,16,23H,1-2,5-8,14H2,(H,25,27,29). The van der Waals surface area contributed by atoms with E-state index in [4.69, 9.17) is 0 Å². The Morgan fingerprint density at radius 1 is 1.07 bits per heavy atom. The van der Waals surface area contributed by atoms with Crippen molar-refractivity contribution >= 4 is 22.6 Å². The number of rotatable bonds is 5. The fraction of sp³-hybridized carbons (Fsp3) is 0.364. The van der Waals surface area contributed by atoms with Gasteiger partial charge in [-0.3, -0.25) is 14.7 Å². The van der Waals surface area contributed by atoms with Gasteiger partial charge in [0.2, 0.25) is 5.91 Å². The van der Waals surface area contributed by atoms with Gasteiger partial charge < -0.3 is 10.6 Å². The molecule has 7 heteroatoms. The Morgan fingerprint density at radius 3 is 2.76 bits per heavy atom. The molecule has 1 aromatic carbocycles. The number of anilines is 1. The van der Waals surface area contributed by atoms with Crippen LogP contribution in [0.2, 0.25) is 0 Å². The third kappa shape index (κ3) is 4.26. The molecule has 1 saturated carbocycles. The van der Waals surface area contributed by atoms with Gasteiger partial charge in [0.15, 0.2) is 5.82 Å². The molecule has 1 aliphatic carbocycles. The van der Waals surface area contributed by atoms with Gasteiger partial charge >= 0.3 is 0 Å². The summed E-state index contributed by atoms with van der Waals surface area (Å²) in [5, 5.41) is 15.6. The van der Waals surface area contributed by atoms with E-state index in [1.807, 2.05) is 30.6 Å². The van der Waals surface area contributed by atoms with Gasteiger partial charge in [-0.15, -0.1) is 10.2 Å². The summed E-state index contributed by atoms with van der Waals surface area (Å²) in [6.07, 6.45) is 5.78. The van der Waals surface area contributed by atoms with Crippen molar-refractivity contribution in [3.63, 3.8) is 0 Å². The molecule has 7 nitrogen and oxygen atoms in total. The molecular weight excluding hydrogens is 364 g/mol. The number of nitrogens with zero attached hydrogens (tertiary/aromatic N) is 4. The van der Waals surface area contributed by atoms with Gasteiger partial charge in [0.25, 0.3) is 0 Å². The molecule has 0 spiro atoms. The number of piperazine rings is 1. The smallest absolute Gasteiger partial charge is 0.228 e. The van der Waals surface area contributed by atoms with Crippen LogP contribution in [-0.4, -0.2) is 52.2 Å². The van der Waals surface area contributed by atoms with Crippen LogP contribution < -0.4 is 10.6 Å². The molecular formula is C22H24N6O. The van der Waals surface area contributed by atoms with E-state index in [9.17, 15) is 4.79 Å². The number of carbonyl (C=O) groups is 1. The normalized spacial score (nSPS) is 17.4. The highest BCUT2D eigenvalue weighted by Gasteiger charge is 2.29. The predicted molar refractivity (Wildman–Crippen MR) is 112 cm³/mol. The van der Waals surface area contributed by atoms with Crippen molar-refractivity contribution in [2.75, 3.05) is 31.5 Å². The molecule has 0 radical (unpaired) electrons. The van der Waals surface area contributed by atoms with Crippen LogP contribution in [0.4, 0.5) is 5.82 Å². The summed E-state index contributed by atoms with van der Waals surface area (Å²) >= 11 is 0. The summed E-state index contributed by atoms with van der Waals surface area (Å²) in [4.78, 5) is 18.9. The number of hydrogen-bond donors (Lipinski definition) is 2. The lowest BCUT2D eigenvalue weighted by atomic mass is 10.0. The Labute approximate surface area is 169 Å². The first kappa shape index (κ1) is 18.1. The number of aromatic nitrogens is 3. The lowest BCUT2D eigenvalue weighted by Crippen LogP contribution is -2.42. The van der Waals surface area contributed by atoms with Crippen molar-refractivity contribution in [3.05, 3.63) is 48.3 Å². The lowest BCUT2D eigenvalue weighted by Gasteiger charge is -2.27. The van der Waals surface area contributed by atoms with Crippen LogP contribution in [0.3, 0.4) is 0 Å². The van der Waals surface area contributed by atoms with Crippen LogP contribution in [0.5, 0.6) is 0 Å². The zero-order valence-corrected chi connectivity index (χ0v) is 16.3. The van der Waals surface area contributed by atoms with Crippen LogP contribution >= 0.6 is 0 Å². The van der Waals surface area contributed by atoms with Crippen LogP contribution in [0.15, 0.2) is 42.7 Å². The number of hydrogen-bond acceptors (Lipinski definition) is 6. The second-order valence-corrected chi connectivity index (χ2v) is 7.87. The zero-order valence-electron chi connectivity index (χ0n) is 16.3. The van der Waals surface area contributed by atoms with Gasteiger partial charge in [-0.25, -0.2) is 0 Å². The fourth-order valence-electron chi connectivity index (χ4n) is 3.72. The third-order valence-electron chi connectivity index (χ3n) is 5.53. The van der Waals surface area contributed by atoms with Gasteiger partial charge in [0.05, 0.1) is 5.52 Å². The molecule has 2 N–H and O–H groups in total. The van der Waals surface area contributed by atoms with Crippen LogP contribution in [0, 0.1) is 5.92 Å². The Balaban J connectivity index is 1.38. The summed E-state index contributed by atoms with van der Waals surface area (Å²) in [5.74, 6) is 0.695. The quantitative estimate of drug-likeness (QED) is 0.699. The molecule has 2 fully saturated rings. The molecule has 0 bridgehead atoms. The maximum Gasteiger partial charge on any atom is 0.228 e. The summed E-state index contributed by atoms with van der Waals surface area (Å²) in [7, 11) is 0. The first-order chi connectivity index (χ1) is 14.2.